The zero-order valence-corrected chi connectivity index (χ0v) is 22.4. The van der Waals surface area contributed by atoms with E-state index in [1.165, 1.54) is 60.7 Å². The quantitative estimate of drug-likeness (QED) is 0.234. The van der Waals surface area contributed by atoms with Crippen molar-refractivity contribution in [2.45, 2.75) is 18.7 Å². The summed E-state index contributed by atoms with van der Waals surface area (Å²) in [5.41, 5.74) is 0.188. The first-order valence-corrected chi connectivity index (χ1v) is 14.2. The number of carbonyl (C=O) groups is 1. The van der Waals surface area contributed by atoms with Crippen LogP contribution >= 0.6 is 0 Å². The van der Waals surface area contributed by atoms with Gasteiger partial charge in [-0.2, -0.15) is 10.5 Å². The Morgan fingerprint density at radius 1 is 0.825 bits per heavy atom. The monoisotopic (exact) mass is 558 g/mol. The summed E-state index contributed by atoms with van der Waals surface area (Å²) >= 11 is 0. The maximum Gasteiger partial charge on any atom is 0.193 e. The Bertz CT molecular complexity index is 1810. The molecule has 0 saturated heterocycles. The Morgan fingerprint density at radius 3 is 2.00 bits per heavy atom. The molecule has 0 heterocycles. The molecule has 0 bridgehead atoms. The number of carbonyl (C=O) groups excluding carboxylic acids is 1. The van der Waals surface area contributed by atoms with Gasteiger partial charge < -0.3 is 9.11 Å². The highest BCUT2D eigenvalue weighted by atomic mass is 32.3. The van der Waals surface area contributed by atoms with Crippen molar-refractivity contribution in [1.82, 2.24) is 0 Å². The van der Waals surface area contributed by atoms with Crippen LogP contribution in [-0.4, -0.2) is 24.9 Å². The van der Waals surface area contributed by atoms with Gasteiger partial charge in [-0.25, -0.2) is 13.0 Å². The van der Waals surface area contributed by atoms with E-state index < -0.39 is 32.8 Å². The second-order valence-electron chi connectivity index (χ2n) is 9.74. The number of halogens is 2. The lowest BCUT2D eigenvalue weighted by Crippen LogP contribution is -2.37. The van der Waals surface area contributed by atoms with Gasteiger partial charge in [0.05, 0.1) is 21.8 Å². The standard InChI is InChI=1S/C31H24F2N2O4S/c1-19(2)18-40(37,38,39)22-7-3-6-21(14-22)31(36)26-15-20(23-8-4-10-29(32)27(23)16-34)12-13-25(26)24-9-5-11-30(33)28(24)17-35/h3-15,19H,18H2,1-2H3,(H2,37,38,39). The summed E-state index contributed by atoms with van der Waals surface area (Å²) in [6.45, 7) is 3.33. The molecule has 6 nitrogen and oxygen atoms in total. The summed E-state index contributed by atoms with van der Waals surface area (Å²) in [4.78, 5) is 13.6. The number of benzene rings is 4. The van der Waals surface area contributed by atoms with Gasteiger partial charge in [0.2, 0.25) is 0 Å². The second kappa shape index (κ2) is 10.6. The average molecular weight is 559 g/mol. The van der Waals surface area contributed by atoms with Gasteiger partial charge in [0.15, 0.2) is 5.78 Å². The molecular weight excluding hydrogens is 534 g/mol. The molecule has 0 aliphatic carbocycles. The van der Waals surface area contributed by atoms with E-state index in [9.17, 15) is 37.4 Å². The lowest BCUT2D eigenvalue weighted by molar-refractivity contribution is 0.103. The van der Waals surface area contributed by atoms with Gasteiger partial charge in [-0.15, -0.1) is 0 Å². The molecule has 4 aromatic rings. The molecule has 0 atom stereocenters. The zero-order valence-electron chi connectivity index (χ0n) is 21.6. The molecule has 0 fully saturated rings. The topological polar surface area (TPSA) is 122 Å². The number of hydrogen-bond acceptors (Lipinski definition) is 4. The van der Waals surface area contributed by atoms with Crippen molar-refractivity contribution in [1.29, 1.82) is 10.5 Å². The SMILES string of the molecule is CC(C)CS(=O)(O)(O)c1cccc(C(=O)c2cc(-c3cccc(F)c3C#N)ccc2-c2cccc(F)c2C#N)c1. The predicted octanol–water partition coefficient (Wildman–Crippen LogP) is 7.05. The molecule has 202 valence electrons. The summed E-state index contributed by atoms with van der Waals surface area (Å²) in [7, 11) is -5.28. The molecule has 4 aromatic carbocycles. The van der Waals surface area contributed by atoms with Gasteiger partial charge in [0.25, 0.3) is 0 Å². The van der Waals surface area contributed by atoms with Gasteiger partial charge in [0, 0.05) is 22.3 Å². The van der Waals surface area contributed by atoms with Gasteiger partial charge >= 0.3 is 0 Å². The van der Waals surface area contributed by atoms with Crippen LogP contribution in [0, 0.1) is 40.2 Å². The molecule has 40 heavy (non-hydrogen) atoms. The maximum atomic E-state index is 14.5. The first-order valence-electron chi connectivity index (χ1n) is 12.2. The van der Waals surface area contributed by atoms with E-state index in [4.69, 9.17) is 0 Å². The lowest BCUT2D eigenvalue weighted by atomic mass is 9.88. The van der Waals surface area contributed by atoms with E-state index in [0.29, 0.717) is 5.56 Å². The van der Waals surface area contributed by atoms with Crippen LogP contribution in [0.15, 0.2) is 83.8 Å². The van der Waals surface area contributed by atoms with Crippen molar-refractivity contribution in [3.8, 4) is 34.4 Å². The van der Waals surface area contributed by atoms with Crippen LogP contribution < -0.4 is 0 Å². The molecule has 0 aromatic heterocycles. The number of nitriles is 2. The van der Waals surface area contributed by atoms with Crippen molar-refractivity contribution in [2.75, 3.05) is 5.75 Å². The highest BCUT2D eigenvalue weighted by Crippen LogP contribution is 2.36. The van der Waals surface area contributed by atoms with Crippen LogP contribution in [0.4, 0.5) is 8.78 Å². The Morgan fingerprint density at radius 2 is 1.40 bits per heavy atom. The normalized spacial score (nSPS) is 12.3. The van der Waals surface area contributed by atoms with Crippen molar-refractivity contribution in [2.24, 2.45) is 5.92 Å². The van der Waals surface area contributed by atoms with Gasteiger partial charge in [-0.3, -0.25) is 4.79 Å². The minimum absolute atomic E-state index is 0.0341. The van der Waals surface area contributed by atoms with Crippen molar-refractivity contribution < 1.29 is 26.9 Å². The largest absolute Gasteiger partial charge is 0.304 e. The fourth-order valence-corrected chi connectivity index (χ4v) is 6.73. The molecule has 0 aliphatic heterocycles. The van der Waals surface area contributed by atoms with Crippen LogP contribution in [0.1, 0.15) is 40.9 Å². The Labute approximate surface area is 230 Å². The third-order valence-corrected chi connectivity index (χ3v) is 8.79. The highest BCUT2D eigenvalue weighted by molar-refractivity contribution is 8.10. The summed E-state index contributed by atoms with van der Waals surface area (Å²) in [6.07, 6.45) is 0. The molecule has 0 saturated carbocycles. The van der Waals surface area contributed by atoms with Crippen LogP contribution in [0.2, 0.25) is 0 Å². The summed E-state index contributed by atoms with van der Waals surface area (Å²) in [5.74, 6) is -3.00. The minimum Gasteiger partial charge on any atom is -0.304 e. The smallest absolute Gasteiger partial charge is 0.193 e. The second-order valence-corrected chi connectivity index (χ2v) is 12.6. The summed E-state index contributed by atoms with van der Waals surface area (Å²) < 4.78 is 63.4. The van der Waals surface area contributed by atoms with Crippen LogP contribution in [0.3, 0.4) is 0 Å². The Hall–Kier alpha value is -4.54. The molecular formula is C31H24F2N2O4S. The van der Waals surface area contributed by atoms with Crippen LogP contribution in [0.25, 0.3) is 22.3 Å². The number of rotatable bonds is 7. The van der Waals surface area contributed by atoms with E-state index in [-0.39, 0.29) is 49.8 Å². The third kappa shape index (κ3) is 5.45. The van der Waals surface area contributed by atoms with Crippen molar-refractivity contribution >= 4 is 15.4 Å². The molecule has 0 spiro atoms. The molecule has 0 radical (unpaired) electrons. The first kappa shape index (κ1) is 28.5. The average Bonchev–Trinajstić information content (AvgIpc) is 2.91. The molecule has 4 rings (SSSR count). The molecule has 0 aliphatic rings. The van der Waals surface area contributed by atoms with Gasteiger partial charge in [0.1, 0.15) is 33.4 Å². The van der Waals surface area contributed by atoms with Crippen molar-refractivity contribution in [3.05, 3.63) is 113 Å². The molecule has 9 heteroatoms. The van der Waals surface area contributed by atoms with E-state index in [2.05, 4.69) is 0 Å². The van der Waals surface area contributed by atoms with Crippen LogP contribution in [-0.2, 0) is 9.63 Å². The predicted molar refractivity (Wildman–Crippen MR) is 148 cm³/mol. The number of hydrogen-bond donors (Lipinski definition) is 2. The van der Waals surface area contributed by atoms with E-state index in [1.807, 2.05) is 12.1 Å². The fraction of sp³-hybridized carbons (Fsp3) is 0.129. The van der Waals surface area contributed by atoms with E-state index >= 15 is 0 Å². The zero-order chi connectivity index (χ0) is 29.3. The van der Waals surface area contributed by atoms with Gasteiger partial charge in [-0.05, 0) is 47.4 Å². The molecule has 2 N–H and O–H groups in total. The first-order chi connectivity index (χ1) is 18.8. The molecule has 0 unspecified atom stereocenters. The highest BCUT2D eigenvalue weighted by Gasteiger charge is 2.34. The fourth-order valence-electron chi connectivity index (χ4n) is 4.62. The van der Waals surface area contributed by atoms with Crippen molar-refractivity contribution in [3.63, 3.8) is 0 Å². The van der Waals surface area contributed by atoms with Gasteiger partial charge in [-0.1, -0.05) is 62.4 Å². The number of nitrogens with zero attached hydrogens (tertiary/aromatic N) is 2. The van der Waals surface area contributed by atoms with Crippen LogP contribution in [0.5, 0.6) is 0 Å². The lowest BCUT2D eigenvalue weighted by Gasteiger charge is -2.32. The minimum atomic E-state index is -5.28. The number of ketones is 1. The molecule has 0 amide bonds. The summed E-state index contributed by atoms with van der Waals surface area (Å²) in [5, 5.41) is 19.2. The Kier molecular flexibility index (Phi) is 7.51. The van der Waals surface area contributed by atoms with E-state index in [0.717, 1.165) is 18.2 Å². The van der Waals surface area contributed by atoms with E-state index in [1.54, 1.807) is 13.8 Å². The third-order valence-electron chi connectivity index (χ3n) is 6.32. The Balaban J connectivity index is 1.98. The maximum absolute atomic E-state index is 14.5. The summed E-state index contributed by atoms with van der Waals surface area (Å²) in [6, 6.07) is 21.2.